The number of piperidine rings is 1. The highest BCUT2D eigenvalue weighted by atomic mass is 32.1. The molecule has 5 rings (SSSR count). The van der Waals surface area contributed by atoms with Gasteiger partial charge in [-0.3, -0.25) is 0 Å². The smallest absolute Gasteiger partial charge is 0.176 e. The monoisotopic (exact) mass is 380 g/mol. The molecule has 1 aliphatic rings. The number of aryl methyl sites for hydroxylation is 2. The molecule has 0 amide bonds. The summed E-state index contributed by atoms with van der Waals surface area (Å²) in [6.45, 7) is 9.82. The van der Waals surface area contributed by atoms with Crippen LogP contribution in [0.5, 0.6) is 0 Å². The van der Waals surface area contributed by atoms with Crippen molar-refractivity contribution in [3.63, 3.8) is 0 Å². The minimum atomic E-state index is 0.314. The first kappa shape index (κ1) is 17.0. The van der Waals surface area contributed by atoms with Crippen molar-refractivity contribution in [3.05, 3.63) is 29.5 Å². The number of nitrogens with zero attached hydrogens (tertiary/aromatic N) is 6. The Morgan fingerprint density at radius 2 is 1.96 bits per heavy atom. The van der Waals surface area contributed by atoms with Gasteiger partial charge >= 0.3 is 0 Å². The molecule has 4 aromatic rings. The van der Waals surface area contributed by atoms with Gasteiger partial charge in [0.25, 0.3) is 0 Å². The van der Waals surface area contributed by atoms with Crippen LogP contribution in [0, 0.1) is 13.8 Å². The molecule has 1 atom stereocenters. The number of pyridine rings is 1. The van der Waals surface area contributed by atoms with Crippen molar-refractivity contribution >= 4 is 37.4 Å². The van der Waals surface area contributed by atoms with E-state index in [9.17, 15) is 0 Å². The van der Waals surface area contributed by atoms with E-state index in [1.807, 2.05) is 11.4 Å². The van der Waals surface area contributed by atoms with Crippen LogP contribution in [0.4, 0.5) is 0 Å². The summed E-state index contributed by atoms with van der Waals surface area (Å²) in [6.07, 6.45) is 5.78. The molecule has 27 heavy (non-hydrogen) atoms. The summed E-state index contributed by atoms with van der Waals surface area (Å²) in [6, 6.07) is 2.12. The Balaban J connectivity index is 1.58. The normalized spacial score (nSPS) is 17.3. The number of fused-ring (bicyclic) bond motifs is 5. The third-order valence-corrected chi connectivity index (χ3v) is 6.60. The molecular formula is C20H24N6S. The van der Waals surface area contributed by atoms with Gasteiger partial charge in [-0.25, -0.2) is 19.5 Å². The maximum absolute atomic E-state index is 4.92. The first-order valence-electron chi connectivity index (χ1n) is 9.74. The van der Waals surface area contributed by atoms with Crippen molar-refractivity contribution in [1.82, 2.24) is 29.5 Å². The summed E-state index contributed by atoms with van der Waals surface area (Å²) < 4.78 is 2.92. The highest BCUT2D eigenvalue weighted by Crippen LogP contribution is 2.35. The number of aromatic nitrogens is 5. The molecular weight excluding hydrogens is 356 g/mol. The van der Waals surface area contributed by atoms with Gasteiger partial charge in [0.1, 0.15) is 15.9 Å². The lowest BCUT2D eigenvalue weighted by atomic mass is 10.1. The highest BCUT2D eigenvalue weighted by molar-refractivity contribution is 7.26. The van der Waals surface area contributed by atoms with Gasteiger partial charge in [0.15, 0.2) is 11.5 Å². The van der Waals surface area contributed by atoms with E-state index in [0.29, 0.717) is 5.92 Å². The molecule has 0 bridgehead atoms. The Kier molecular flexibility index (Phi) is 4.09. The zero-order chi connectivity index (χ0) is 18.5. The minimum absolute atomic E-state index is 0.314. The van der Waals surface area contributed by atoms with Crippen molar-refractivity contribution in [3.8, 4) is 0 Å². The van der Waals surface area contributed by atoms with Crippen LogP contribution in [0.15, 0.2) is 12.4 Å². The minimum Gasteiger partial charge on any atom is -0.303 e. The molecule has 0 aliphatic carbocycles. The van der Waals surface area contributed by atoms with Crippen molar-refractivity contribution < 1.29 is 0 Å². The Morgan fingerprint density at radius 3 is 2.78 bits per heavy atom. The van der Waals surface area contributed by atoms with Crippen molar-refractivity contribution in [2.75, 3.05) is 19.6 Å². The Bertz CT molecular complexity index is 1140. The first-order valence-corrected chi connectivity index (χ1v) is 10.6. The predicted molar refractivity (Wildman–Crippen MR) is 110 cm³/mol. The molecule has 140 valence electrons. The van der Waals surface area contributed by atoms with Gasteiger partial charge in [0.05, 0.1) is 5.52 Å². The molecule has 1 aliphatic heterocycles. The summed E-state index contributed by atoms with van der Waals surface area (Å²) in [5.74, 6) is 1.22. The Morgan fingerprint density at radius 1 is 1.15 bits per heavy atom. The molecule has 1 saturated heterocycles. The number of hydrogen-bond donors (Lipinski definition) is 0. The van der Waals surface area contributed by atoms with Gasteiger partial charge in [0, 0.05) is 23.5 Å². The maximum Gasteiger partial charge on any atom is 0.176 e. The number of hydrogen-bond acceptors (Lipinski definition) is 6. The molecule has 0 spiro atoms. The second-order valence-electron chi connectivity index (χ2n) is 7.79. The fraction of sp³-hybridized carbons (Fsp3) is 0.500. The summed E-state index contributed by atoms with van der Waals surface area (Å²) in [5, 5.41) is 5.89. The Labute approximate surface area is 162 Å². The summed E-state index contributed by atoms with van der Waals surface area (Å²) in [4.78, 5) is 17.9. The summed E-state index contributed by atoms with van der Waals surface area (Å²) >= 11 is 1.67. The SMILES string of the molecule is Cc1cc(C)c2c(n1)sc1c2ncn2nc([C@@H](C)CN3CCCCC3)nc12. The van der Waals surface area contributed by atoms with Gasteiger partial charge in [-0.15, -0.1) is 16.4 Å². The van der Waals surface area contributed by atoms with Crippen LogP contribution in [0.2, 0.25) is 0 Å². The van der Waals surface area contributed by atoms with Gasteiger partial charge in [-0.2, -0.15) is 0 Å². The van der Waals surface area contributed by atoms with Crippen LogP contribution in [0.25, 0.3) is 26.1 Å². The van der Waals surface area contributed by atoms with E-state index in [2.05, 4.69) is 24.8 Å². The van der Waals surface area contributed by atoms with E-state index in [4.69, 9.17) is 20.1 Å². The predicted octanol–water partition coefficient (Wildman–Crippen LogP) is 4.09. The van der Waals surface area contributed by atoms with Crippen molar-refractivity contribution in [1.29, 1.82) is 0 Å². The highest BCUT2D eigenvalue weighted by Gasteiger charge is 2.20. The molecule has 0 aromatic carbocycles. The lowest BCUT2D eigenvalue weighted by molar-refractivity contribution is 0.217. The lowest BCUT2D eigenvalue weighted by Crippen LogP contribution is -2.33. The molecule has 4 aromatic heterocycles. The number of thiophene rings is 1. The second-order valence-corrected chi connectivity index (χ2v) is 8.78. The molecule has 0 radical (unpaired) electrons. The topological polar surface area (TPSA) is 59.2 Å². The molecule has 6 nitrogen and oxygen atoms in total. The van der Waals surface area contributed by atoms with E-state index in [0.717, 1.165) is 44.1 Å². The molecule has 7 heteroatoms. The molecule has 0 N–H and O–H groups in total. The van der Waals surface area contributed by atoms with Crippen LogP contribution in [-0.4, -0.2) is 49.1 Å². The van der Waals surface area contributed by atoms with Gasteiger partial charge in [0.2, 0.25) is 0 Å². The van der Waals surface area contributed by atoms with E-state index < -0.39 is 0 Å². The third kappa shape index (κ3) is 2.89. The lowest BCUT2D eigenvalue weighted by Gasteiger charge is -2.28. The van der Waals surface area contributed by atoms with Crippen LogP contribution in [-0.2, 0) is 0 Å². The average molecular weight is 381 g/mol. The Hall–Kier alpha value is -2.12. The van der Waals surface area contributed by atoms with E-state index in [-0.39, 0.29) is 0 Å². The molecule has 1 fully saturated rings. The van der Waals surface area contributed by atoms with E-state index >= 15 is 0 Å². The molecule has 0 unspecified atom stereocenters. The van der Waals surface area contributed by atoms with Crippen molar-refractivity contribution in [2.45, 2.75) is 46.0 Å². The standard InChI is InChI=1S/C20H24N6S/c1-12-9-14(3)22-20-15(12)16-17(27-20)19-23-18(24-26(19)11-21-16)13(2)10-25-7-5-4-6-8-25/h9,11,13H,4-8,10H2,1-3H3/t13-/m0/s1. The number of rotatable bonds is 3. The summed E-state index contributed by atoms with van der Waals surface area (Å²) in [5.41, 5.74) is 4.16. The average Bonchev–Trinajstić information content (AvgIpc) is 3.23. The molecule has 5 heterocycles. The number of likely N-dealkylation sites (tertiary alicyclic amines) is 1. The van der Waals surface area contributed by atoms with Gasteiger partial charge in [-0.05, 0) is 51.4 Å². The zero-order valence-electron chi connectivity index (χ0n) is 16.1. The largest absolute Gasteiger partial charge is 0.303 e. The third-order valence-electron chi connectivity index (χ3n) is 5.53. The van der Waals surface area contributed by atoms with Crippen LogP contribution >= 0.6 is 11.3 Å². The fourth-order valence-electron chi connectivity index (χ4n) is 4.20. The van der Waals surface area contributed by atoms with E-state index in [1.54, 1.807) is 17.7 Å². The van der Waals surface area contributed by atoms with Crippen molar-refractivity contribution in [2.24, 2.45) is 0 Å². The summed E-state index contributed by atoms with van der Waals surface area (Å²) in [7, 11) is 0. The van der Waals surface area contributed by atoms with Crippen LogP contribution in [0.3, 0.4) is 0 Å². The van der Waals surface area contributed by atoms with Gasteiger partial charge < -0.3 is 4.90 Å². The fourth-order valence-corrected chi connectivity index (χ4v) is 5.43. The maximum atomic E-state index is 4.92. The van der Waals surface area contributed by atoms with E-state index in [1.165, 1.54) is 37.9 Å². The molecule has 0 saturated carbocycles. The van der Waals surface area contributed by atoms with Crippen LogP contribution in [0.1, 0.15) is 49.2 Å². The zero-order valence-corrected chi connectivity index (χ0v) is 16.9. The second kappa shape index (κ2) is 6.49. The van der Waals surface area contributed by atoms with Crippen LogP contribution < -0.4 is 0 Å². The van der Waals surface area contributed by atoms with Gasteiger partial charge in [-0.1, -0.05) is 13.3 Å². The first-order chi connectivity index (χ1) is 13.1. The quantitative estimate of drug-likeness (QED) is 0.536.